The van der Waals surface area contributed by atoms with Crippen LogP contribution in [0.25, 0.3) is 0 Å². The van der Waals surface area contributed by atoms with Crippen LogP contribution >= 0.6 is 39.0 Å². The molecule has 3 aromatic rings. The fraction of sp³-hybridized carbons (Fsp3) is 0.312. The number of anilines is 1. The van der Waals surface area contributed by atoms with E-state index in [-0.39, 0.29) is 11.7 Å². The Morgan fingerprint density at radius 1 is 1.26 bits per heavy atom. The number of aromatic nitrogens is 5. The number of thioether (sulfide) groups is 1. The van der Waals surface area contributed by atoms with E-state index in [4.69, 9.17) is 4.74 Å². The minimum Gasteiger partial charge on any atom is -0.486 e. The van der Waals surface area contributed by atoms with Crippen LogP contribution in [0.1, 0.15) is 17.8 Å². The number of nitrogens with one attached hydrogen (secondary N) is 1. The zero-order chi connectivity index (χ0) is 19.2. The quantitative estimate of drug-likeness (QED) is 0.506. The number of hydrogen-bond donors (Lipinski definition) is 1. The van der Waals surface area contributed by atoms with Gasteiger partial charge in [0.05, 0.1) is 5.75 Å². The SMILES string of the molecule is CCc1nnc(NC(=O)CSc2nnc(COc3ccc(Br)cc3)n2C)s1. The van der Waals surface area contributed by atoms with Gasteiger partial charge in [0.1, 0.15) is 17.4 Å². The summed E-state index contributed by atoms with van der Waals surface area (Å²) in [6.07, 6.45) is 0.798. The second-order valence-electron chi connectivity index (χ2n) is 5.39. The lowest BCUT2D eigenvalue weighted by atomic mass is 10.3. The Kier molecular flexibility index (Phi) is 6.80. The van der Waals surface area contributed by atoms with Crippen molar-refractivity contribution in [3.8, 4) is 5.75 Å². The van der Waals surface area contributed by atoms with Crippen molar-refractivity contribution in [3.05, 3.63) is 39.6 Å². The Morgan fingerprint density at radius 3 is 2.74 bits per heavy atom. The normalized spacial score (nSPS) is 10.8. The summed E-state index contributed by atoms with van der Waals surface area (Å²) in [6, 6.07) is 7.57. The van der Waals surface area contributed by atoms with Crippen LogP contribution in [0.2, 0.25) is 0 Å². The van der Waals surface area contributed by atoms with Gasteiger partial charge in [-0.05, 0) is 30.7 Å². The molecule has 1 N–H and O–H groups in total. The zero-order valence-electron chi connectivity index (χ0n) is 14.7. The van der Waals surface area contributed by atoms with Gasteiger partial charge in [-0.3, -0.25) is 10.1 Å². The van der Waals surface area contributed by atoms with Crippen molar-refractivity contribution < 1.29 is 9.53 Å². The maximum absolute atomic E-state index is 12.1. The first-order valence-electron chi connectivity index (χ1n) is 8.06. The molecule has 2 aromatic heterocycles. The first kappa shape index (κ1) is 19.8. The number of carbonyl (C=O) groups excluding carboxylic acids is 1. The Labute approximate surface area is 172 Å². The van der Waals surface area contributed by atoms with Crippen molar-refractivity contribution in [2.75, 3.05) is 11.1 Å². The van der Waals surface area contributed by atoms with Gasteiger partial charge in [0.25, 0.3) is 0 Å². The summed E-state index contributed by atoms with van der Waals surface area (Å²) in [6.45, 7) is 2.29. The third kappa shape index (κ3) is 5.50. The van der Waals surface area contributed by atoms with E-state index in [0.29, 0.717) is 22.7 Å². The van der Waals surface area contributed by atoms with Crippen LogP contribution in [0, 0.1) is 0 Å². The summed E-state index contributed by atoms with van der Waals surface area (Å²) in [5.41, 5.74) is 0. The third-order valence-electron chi connectivity index (χ3n) is 3.45. The van der Waals surface area contributed by atoms with E-state index in [0.717, 1.165) is 21.7 Å². The molecule has 0 bridgehead atoms. The molecule has 1 aromatic carbocycles. The molecule has 0 spiro atoms. The van der Waals surface area contributed by atoms with Crippen LogP contribution in [-0.4, -0.2) is 36.6 Å². The average molecular weight is 469 g/mol. The van der Waals surface area contributed by atoms with E-state index in [2.05, 4.69) is 41.6 Å². The lowest BCUT2D eigenvalue weighted by molar-refractivity contribution is -0.113. The van der Waals surface area contributed by atoms with E-state index >= 15 is 0 Å². The first-order valence-corrected chi connectivity index (χ1v) is 10.7. The van der Waals surface area contributed by atoms with Gasteiger partial charge in [-0.25, -0.2) is 0 Å². The molecule has 3 rings (SSSR count). The first-order chi connectivity index (χ1) is 13.0. The molecule has 0 saturated heterocycles. The minimum atomic E-state index is -0.158. The van der Waals surface area contributed by atoms with Crippen molar-refractivity contribution in [1.29, 1.82) is 0 Å². The smallest absolute Gasteiger partial charge is 0.236 e. The van der Waals surface area contributed by atoms with Gasteiger partial charge in [-0.2, -0.15) is 0 Å². The number of ether oxygens (including phenoxy) is 1. The van der Waals surface area contributed by atoms with E-state index in [9.17, 15) is 4.79 Å². The van der Waals surface area contributed by atoms with Crippen LogP contribution in [0.15, 0.2) is 33.9 Å². The molecule has 0 fully saturated rings. The monoisotopic (exact) mass is 468 g/mol. The topological polar surface area (TPSA) is 94.8 Å². The van der Waals surface area contributed by atoms with Gasteiger partial charge in [0.15, 0.2) is 11.0 Å². The van der Waals surface area contributed by atoms with Crippen molar-refractivity contribution in [1.82, 2.24) is 25.0 Å². The number of carbonyl (C=O) groups is 1. The highest BCUT2D eigenvalue weighted by Gasteiger charge is 2.13. The second-order valence-corrected chi connectivity index (χ2v) is 8.31. The number of nitrogens with zero attached hydrogens (tertiary/aromatic N) is 5. The average Bonchev–Trinajstić information content (AvgIpc) is 3.26. The van der Waals surface area contributed by atoms with Gasteiger partial charge < -0.3 is 9.30 Å². The van der Waals surface area contributed by atoms with Crippen LogP contribution in [-0.2, 0) is 24.9 Å². The molecule has 0 aliphatic heterocycles. The highest BCUT2D eigenvalue weighted by atomic mass is 79.9. The summed E-state index contributed by atoms with van der Waals surface area (Å²) in [4.78, 5) is 12.1. The summed E-state index contributed by atoms with van der Waals surface area (Å²) >= 11 is 6.07. The predicted octanol–water partition coefficient (Wildman–Crippen LogP) is 3.30. The zero-order valence-corrected chi connectivity index (χ0v) is 17.9. The lowest BCUT2D eigenvalue weighted by Crippen LogP contribution is -2.14. The molecular formula is C16H17BrN6O2S2. The largest absolute Gasteiger partial charge is 0.486 e. The van der Waals surface area contributed by atoms with Crippen molar-refractivity contribution >= 4 is 50.1 Å². The molecule has 0 saturated carbocycles. The number of halogens is 1. The number of aryl methyl sites for hydroxylation is 1. The lowest BCUT2D eigenvalue weighted by Gasteiger charge is -2.06. The van der Waals surface area contributed by atoms with Gasteiger partial charge in [0.2, 0.25) is 11.0 Å². The number of amides is 1. The molecule has 8 nitrogen and oxygen atoms in total. The maximum Gasteiger partial charge on any atom is 0.236 e. The van der Waals surface area contributed by atoms with Crippen molar-refractivity contribution in [2.24, 2.45) is 7.05 Å². The molecule has 27 heavy (non-hydrogen) atoms. The number of hydrogen-bond acceptors (Lipinski definition) is 8. The van der Waals surface area contributed by atoms with Gasteiger partial charge in [0, 0.05) is 11.5 Å². The molecule has 1 amide bonds. The minimum absolute atomic E-state index is 0.158. The van der Waals surface area contributed by atoms with Crippen LogP contribution in [0.4, 0.5) is 5.13 Å². The Hall–Kier alpha value is -1.98. The summed E-state index contributed by atoms with van der Waals surface area (Å²) in [5.74, 6) is 1.48. The number of benzene rings is 1. The molecule has 0 radical (unpaired) electrons. The molecule has 142 valence electrons. The van der Waals surface area contributed by atoms with Crippen LogP contribution in [0.5, 0.6) is 5.75 Å². The highest BCUT2D eigenvalue weighted by Crippen LogP contribution is 2.20. The second kappa shape index (κ2) is 9.29. The van der Waals surface area contributed by atoms with E-state index in [1.807, 2.05) is 42.8 Å². The summed E-state index contributed by atoms with van der Waals surface area (Å²) in [7, 11) is 1.85. The Balaban J connectivity index is 1.50. The molecular weight excluding hydrogens is 452 g/mol. The number of rotatable bonds is 8. The standard InChI is InChI=1S/C16H17BrN6O2S2/c1-3-14-20-21-15(27-14)18-13(24)9-26-16-22-19-12(23(16)2)8-25-11-6-4-10(17)5-7-11/h4-7H,3,8-9H2,1-2H3,(H,18,21,24). The van der Waals surface area contributed by atoms with Crippen molar-refractivity contribution in [2.45, 2.75) is 25.1 Å². The maximum atomic E-state index is 12.1. The van der Waals surface area contributed by atoms with Gasteiger partial charge in [-0.15, -0.1) is 20.4 Å². The highest BCUT2D eigenvalue weighted by molar-refractivity contribution is 9.10. The third-order valence-corrected chi connectivity index (χ3v) is 5.99. The molecule has 0 aliphatic carbocycles. The van der Waals surface area contributed by atoms with Gasteiger partial charge in [-0.1, -0.05) is 46.0 Å². The van der Waals surface area contributed by atoms with Crippen LogP contribution < -0.4 is 10.1 Å². The van der Waals surface area contributed by atoms with E-state index in [1.165, 1.54) is 23.1 Å². The summed E-state index contributed by atoms with van der Waals surface area (Å²) < 4.78 is 8.52. The molecule has 11 heteroatoms. The fourth-order valence-electron chi connectivity index (χ4n) is 2.01. The molecule has 2 heterocycles. The molecule has 0 unspecified atom stereocenters. The van der Waals surface area contributed by atoms with Crippen molar-refractivity contribution in [3.63, 3.8) is 0 Å². The van der Waals surface area contributed by atoms with E-state index in [1.54, 1.807) is 0 Å². The molecule has 0 atom stereocenters. The Morgan fingerprint density at radius 2 is 2.04 bits per heavy atom. The fourth-order valence-corrected chi connectivity index (χ4v) is 3.70. The van der Waals surface area contributed by atoms with Gasteiger partial charge >= 0.3 is 0 Å². The molecule has 0 aliphatic rings. The van der Waals surface area contributed by atoms with E-state index < -0.39 is 0 Å². The Bertz CT molecular complexity index is 912. The summed E-state index contributed by atoms with van der Waals surface area (Å²) in [5, 5.41) is 21.0. The van der Waals surface area contributed by atoms with Crippen LogP contribution in [0.3, 0.4) is 0 Å². The predicted molar refractivity (Wildman–Crippen MR) is 108 cm³/mol.